The lowest BCUT2D eigenvalue weighted by molar-refractivity contribution is 0.0697. The Bertz CT molecular complexity index is 580. The first kappa shape index (κ1) is 14.8. The summed E-state index contributed by atoms with van der Waals surface area (Å²) in [5.41, 5.74) is -0.139. The van der Waals surface area contributed by atoms with E-state index >= 15 is 0 Å². The second kappa shape index (κ2) is 6.21. The molecule has 1 saturated carbocycles. The summed E-state index contributed by atoms with van der Waals surface area (Å²) in [5, 5.41) is 9.01. The summed E-state index contributed by atoms with van der Waals surface area (Å²) >= 11 is 0. The molecule has 1 aromatic heterocycles. The number of nitrogens with zero attached hydrogens (tertiary/aromatic N) is 1. The molecule has 0 atom stereocenters. The quantitative estimate of drug-likeness (QED) is 0.867. The summed E-state index contributed by atoms with van der Waals surface area (Å²) in [7, 11) is -3.57. The largest absolute Gasteiger partial charge is 0.478 e. The lowest BCUT2D eigenvalue weighted by Gasteiger charge is -2.21. The third-order valence-corrected chi connectivity index (χ3v) is 4.88. The molecule has 0 aliphatic heterocycles. The van der Waals surface area contributed by atoms with Crippen LogP contribution in [0.25, 0.3) is 0 Å². The minimum atomic E-state index is -3.57. The minimum absolute atomic E-state index is 0.0304. The van der Waals surface area contributed by atoms with Crippen molar-refractivity contribution < 1.29 is 18.3 Å². The van der Waals surface area contributed by atoms with Crippen LogP contribution in [0.2, 0.25) is 0 Å². The molecule has 0 bridgehead atoms. The minimum Gasteiger partial charge on any atom is -0.478 e. The van der Waals surface area contributed by atoms with Gasteiger partial charge in [-0.2, -0.15) is 0 Å². The van der Waals surface area contributed by atoms with Crippen molar-refractivity contribution in [3.8, 4) is 0 Å². The normalized spacial score (nSPS) is 16.8. The highest BCUT2D eigenvalue weighted by Crippen LogP contribution is 2.25. The van der Waals surface area contributed by atoms with E-state index in [1.165, 1.54) is 18.3 Å². The Kier molecular flexibility index (Phi) is 4.59. The molecular formula is C13H18N2O4S. The molecule has 2 N–H and O–H groups in total. The van der Waals surface area contributed by atoms with Crippen LogP contribution >= 0.6 is 0 Å². The van der Waals surface area contributed by atoms with Gasteiger partial charge in [-0.25, -0.2) is 18.2 Å². The number of hydrogen-bond donors (Lipinski definition) is 2. The van der Waals surface area contributed by atoms with Gasteiger partial charge in [-0.1, -0.05) is 19.3 Å². The number of sulfonamides is 1. The first-order chi connectivity index (χ1) is 9.48. The molecule has 0 unspecified atom stereocenters. The number of carbonyl (C=O) groups is 1. The van der Waals surface area contributed by atoms with Crippen LogP contribution in [0, 0.1) is 5.92 Å². The van der Waals surface area contributed by atoms with E-state index in [0.717, 1.165) is 32.1 Å². The van der Waals surface area contributed by atoms with Gasteiger partial charge in [0.1, 0.15) is 5.56 Å². The number of rotatable bonds is 5. The van der Waals surface area contributed by atoms with Crippen LogP contribution in [-0.4, -0.2) is 30.2 Å². The van der Waals surface area contributed by atoms with E-state index in [1.807, 2.05) is 0 Å². The Balaban J connectivity index is 2.10. The number of aromatic carboxylic acids is 1. The first-order valence-electron chi connectivity index (χ1n) is 6.67. The third kappa shape index (κ3) is 3.93. The lowest BCUT2D eigenvalue weighted by Crippen LogP contribution is -2.25. The molecule has 1 fully saturated rings. The van der Waals surface area contributed by atoms with Crippen molar-refractivity contribution in [3.63, 3.8) is 0 Å². The van der Waals surface area contributed by atoms with Gasteiger partial charge in [0.25, 0.3) is 0 Å². The molecule has 20 heavy (non-hydrogen) atoms. The average molecular weight is 298 g/mol. The second-order valence-corrected chi connectivity index (χ2v) is 6.86. The fourth-order valence-electron chi connectivity index (χ4n) is 2.51. The number of pyridine rings is 1. The van der Waals surface area contributed by atoms with Gasteiger partial charge in [-0.3, -0.25) is 4.72 Å². The fraction of sp³-hybridized carbons (Fsp3) is 0.538. The van der Waals surface area contributed by atoms with E-state index in [-0.39, 0.29) is 23.1 Å². The van der Waals surface area contributed by atoms with Crippen molar-refractivity contribution in [2.75, 3.05) is 10.5 Å². The van der Waals surface area contributed by atoms with Gasteiger partial charge in [0, 0.05) is 6.20 Å². The van der Waals surface area contributed by atoms with Gasteiger partial charge in [-0.05, 0) is 30.9 Å². The van der Waals surface area contributed by atoms with Crippen molar-refractivity contribution in [1.82, 2.24) is 4.98 Å². The predicted molar refractivity (Wildman–Crippen MR) is 75.2 cm³/mol. The highest BCUT2D eigenvalue weighted by Gasteiger charge is 2.23. The molecule has 0 radical (unpaired) electrons. The molecule has 1 heterocycles. The monoisotopic (exact) mass is 298 g/mol. The summed E-state index contributed by atoms with van der Waals surface area (Å²) in [6.45, 7) is 0. The van der Waals surface area contributed by atoms with Gasteiger partial charge < -0.3 is 5.11 Å². The second-order valence-electron chi connectivity index (χ2n) is 5.09. The molecule has 0 saturated heterocycles. The number of anilines is 1. The molecular weight excluding hydrogens is 280 g/mol. The molecule has 6 nitrogen and oxygen atoms in total. The zero-order valence-electron chi connectivity index (χ0n) is 11.1. The van der Waals surface area contributed by atoms with Crippen LogP contribution in [-0.2, 0) is 10.0 Å². The van der Waals surface area contributed by atoms with Crippen molar-refractivity contribution in [1.29, 1.82) is 0 Å². The van der Waals surface area contributed by atoms with Crippen molar-refractivity contribution in [2.45, 2.75) is 32.1 Å². The maximum Gasteiger partial charge on any atom is 0.339 e. The maximum atomic E-state index is 12.1. The van der Waals surface area contributed by atoms with Crippen LogP contribution in [0.4, 0.5) is 5.82 Å². The van der Waals surface area contributed by atoms with Crippen molar-refractivity contribution in [3.05, 3.63) is 23.9 Å². The highest BCUT2D eigenvalue weighted by atomic mass is 32.2. The molecule has 1 aliphatic rings. The number of aromatic nitrogens is 1. The van der Waals surface area contributed by atoms with Crippen molar-refractivity contribution in [2.24, 2.45) is 5.92 Å². The van der Waals surface area contributed by atoms with E-state index in [4.69, 9.17) is 5.11 Å². The Morgan fingerprint density at radius 1 is 1.35 bits per heavy atom. The number of carboxylic acid groups (broad SMARTS) is 1. The van der Waals surface area contributed by atoms with Gasteiger partial charge in [0.2, 0.25) is 10.0 Å². The molecule has 7 heteroatoms. The fourth-order valence-corrected chi connectivity index (χ4v) is 4.01. The molecule has 0 amide bonds. The molecule has 2 rings (SSSR count). The smallest absolute Gasteiger partial charge is 0.339 e. The standard InChI is InChI=1S/C13H18N2O4S/c16-13(17)11-7-4-8-14-12(11)15-20(18,19)9-10-5-2-1-3-6-10/h4,7-8,10H,1-3,5-6,9H2,(H,14,15)(H,16,17). The molecule has 0 spiro atoms. The van der Waals surface area contributed by atoms with Crippen LogP contribution in [0.1, 0.15) is 42.5 Å². The van der Waals surface area contributed by atoms with E-state index < -0.39 is 16.0 Å². The zero-order chi connectivity index (χ0) is 14.6. The van der Waals surface area contributed by atoms with E-state index in [2.05, 4.69) is 9.71 Å². The Morgan fingerprint density at radius 2 is 2.05 bits per heavy atom. The summed E-state index contributed by atoms with van der Waals surface area (Å²) in [4.78, 5) is 14.8. The summed E-state index contributed by atoms with van der Waals surface area (Å²) in [5.74, 6) is -1.13. The Morgan fingerprint density at radius 3 is 2.70 bits per heavy atom. The van der Waals surface area contributed by atoms with E-state index in [1.54, 1.807) is 0 Å². The Hall–Kier alpha value is -1.63. The summed E-state index contributed by atoms with van der Waals surface area (Å²) in [6, 6.07) is 2.79. The first-order valence-corrected chi connectivity index (χ1v) is 8.32. The van der Waals surface area contributed by atoms with Crippen LogP contribution in [0.15, 0.2) is 18.3 Å². The zero-order valence-corrected chi connectivity index (χ0v) is 11.9. The van der Waals surface area contributed by atoms with Crippen LogP contribution < -0.4 is 4.72 Å². The molecule has 1 aliphatic carbocycles. The van der Waals surface area contributed by atoms with Crippen LogP contribution in [0.3, 0.4) is 0 Å². The van der Waals surface area contributed by atoms with Crippen LogP contribution in [0.5, 0.6) is 0 Å². The Labute approximate surface area is 118 Å². The van der Waals surface area contributed by atoms with Crippen molar-refractivity contribution >= 4 is 21.8 Å². The van der Waals surface area contributed by atoms with Gasteiger partial charge in [0.05, 0.1) is 5.75 Å². The number of carboxylic acids is 1. The average Bonchev–Trinajstić information content (AvgIpc) is 2.39. The lowest BCUT2D eigenvalue weighted by atomic mass is 9.91. The molecule has 1 aromatic rings. The summed E-state index contributed by atoms with van der Waals surface area (Å²) in [6.07, 6.45) is 6.47. The maximum absolute atomic E-state index is 12.1. The number of hydrogen-bond acceptors (Lipinski definition) is 4. The van der Waals surface area contributed by atoms with Gasteiger partial charge >= 0.3 is 5.97 Å². The van der Waals surface area contributed by atoms with E-state index in [0.29, 0.717) is 0 Å². The topological polar surface area (TPSA) is 96.4 Å². The van der Waals surface area contributed by atoms with Gasteiger partial charge in [0.15, 0.2) is 5.82 Å². The summed E-state index contributed by atoms with van der Waals surface area (Å²) < 4.78 is 26.5. The van der Waals surface area contributed by atoms with Gasteiger partial charge in [-0.15, -0.1) is 0 Å². The third-order valence-electron chi connectivity index (χ3n) is 3.47. The predicted octanol–water partition coefficient (Wildman–Crippen LogP) is 2.10. The molecule has 0 aromatic carbocycles. The van der Waals surface area contributed by atoms with E-state index in [9.17, 15) is 13.2 Å². The number of nitrogens with one attached hydrogen (secondary N) is 1. The molecule has 110 valence electrons. The SMILES string of the molecule is O=C(O)c1cccnc1NS(=O)(=O)CC1CCCCC1. The highest BCUT2D eigenvalue weighted by molar-refractivity contribution is 7.92.